The van der Waals surface area contributed by atoms with E-state index >= 15 is 0 Å². The van der Waals surface area contributed by atoms with Gasteiger partial charge in [-0.3, -0.25) is 9.78 Å². The van der Waals surface area contributed by atoms with Crippen LogP contribution in [0.15, 0.2) is 47.2 Å². The van der Waals surface area contributed by atoms with Crippen molar-refractivity contribution in [2.24, 2.45) is 0 Å². The highest BCUT2D eigenvalue weighted by Gasteiger charge is 2.13. The van der Waals surface area contributed by atoms with E-state index in [1.165, 1.54) is 30.7 Å². The summed E-state index contributed by atoms with van der Waals surface area (Å²) in [6, 6.07) is 7.58. The Morgan fingerprint density at radius 2 is 1.90 bits per heavy atom. The van der Waals surface area contributed by atoms with Crippen LogP contribution < -0.4 is 5.32 Å². The van der Waals surface area contributed by atoms with E-state index in [0.717, 1.165) is 18.7 Å². The number of pyridine rings is 1. The van der Waals surface area contributed by atoms with Crippen LogP contribution in [0, 0.1) is 11.6 Å². The zero-order valence-corrected chi connectivity index (χ0v) is 16.0. The van der Waals surface area contributed by atoms with Crippen LogP contribution in [0.5, 0.6) is 0 Å². The molecular weight excluding hydrogens is 392 g/mol. The van der Waals surface area contributed by atoms with E-state index in [0.29, 0.717) is 29.8 Å². The van der Waals surface area contributed by atoms with Crippen LogP contribution in [-0.4, -0.2) is 25.8 Å². The zero-order valence-electron chi connectivity index (χ0n) is 16.0. The molecule has 0 radical (unpaired) electrons. The molecule has 3 aromatic heterocycles. The molecule has 154 valence electrons. The number of carbonyl (C=O) groups is 1. The van der Waals surface area contributed by atoms with Crippen LogP contribution in [0.4, 0.5) is 8.78 Å². The molecule has 0 spiro atoms. The molecule has 7 nitrogen and oxygen atoms in total. The number of nitrogens with one attached hydrogen (secondary N) is 2. The Balaban J connectivity index is 1.24. The maximum atomic E-state index is 13.7. The summed E-state index contributed by atoms with van der Waals surface area (Å²) in [6.07, 6.45) is 5.52. The Kier molecular flexibility index (Phi) is 5.78. The highest BCUT2D eigenvalue weighted by molar-refractivity contribution is 5.91. The Hall–Kier alpha value is -3.62. The summed E-state index contributed by atoms with van der Waals surface area (Å²) in [5.41, 5.74) is 1.31. The summed E-state index contributed by atoms with van der Waals surface area (Å²) in [6.45, 7) is -0.0359. The van der Waals surface area contributed by atoms with E-state index in [9.17, 15) is 13.6 Å². The molecule has 0 saturated heterocycles. The van der Waals surface area contributed by atoms with Gasteiger partial charge in [-0.15, -0.1) is 0 Å². The summed E-state index contributed by atoms with van der Waals surface area (Å²) in [5.74, 6) is -0.110. The lowest BCUT2D eigenvalue weighted by Crippen LogP contribution is -2.24. The van der Waals surface area contributed by atoms with Crippen molar-refractivity contribution >= 4 is 16.9 Å². The third kappa shape index (κ3) is 4.51. The van der Waals surface area contributed by atoms with Gasteiger partial charge in [-0.25, -0.2) is 18.7 Å². The number of aromatic nitrogens is 4. The molecule has 3 heterocycles. The molecule has 0 fully saturated rings. The number of para-hydroxylation sites is 1. The highest BCUT2D eigenvalue weighted by atomic mass is 19.1. The van der Waals surface area contributed by atoms with Crippen molar-refractivity contribution in [3.8, 4) is 0 Å². The lowest BCUT2D eigenvalue weighted by atomic mass is 10.2. The molecule has 0 bridgehead atoms. The monoisotopic (exact) mass is 411 g/mol. The van der Waals surface area contributed by atoms with Gasteiger partial charge >= 0.3 is 0 Å². The van der Waals surface area contributed by atoms with Gasteiger partial charge in [-0.05, 0) is 37.1 Å². The maximum absolute atomic E-state index is 13.7. The van der Waals surface area contributed by atoms with E-state index in [-0.39, 0.29) is 23.7 Å². The lowest BCUT2D eigenvalue weighted by Gasteiger charge is -2.03. The van der Waals surface area contributed by atoms with Crippen molar-refractivity contribution in [3.05, 3.63) is 77.5 Å². The number of fused-ring (bicyclic) bond motifs is 1. The van der Waals surface area contributed by atoms with Gasteiger partial charge < -0.3 is 14.7 Å². The highest BCUT2D eigenvalue weighted by Crippen LogP contribution is 2.16. The van der Waals surface area contributed by atoms with Gasteiger partial charge in [0.2, 0.25) is 0 Å². The summed E-state index contributed by atoms with van der Waals surface area (Å²) >= 11 is 0. The molecule has 0 aliphatic carbocycles. The van der Waals surface area contributed by atoms with Gasteiger partial charge in [0.05, 0.1) is 17.8 Å². The summed E-state index contributed by atoms with van der Waals surface area (Å²) in [7, 11) is 0. The Morgan fingerprint density at radius 1 is 1.07 bits per heavy atom. The number of rotatable bonds is 8. The third-order valence-corrected chi connectivity index (χ3v) is 4.60. The number of benzene rings is 1. The van der Waals surface area contributed by atoms with Crippen LogP contribution in [0.2, 0.25) is 0 Å². The molecule has 1 aromatic carbocycles. The molecule has 1 amide bonds. The number of amides is 1. The van der Waals surface area contributed by atoms with Crippen molar-refractivity contribution in [2.45, 2.75) is 32.2 Å². The molecular formula is C21H19F2N5O2. The van der Waals surface area contributed by atoms with E-state index in [2.05, 4.69) is 25.3 Å². The third-order valence-electron chi connectivity index (χ3n) is 4.60. The van der Waals surface area contributed by atoms with Gasteiger partial charge in [0, 0.05) is 19.0 Å². The van der Waals surface area contributed by atoms with Gasteiger partial charge in [0.25, 0.3) is 5.91 Å². The largest absolute Gasteiger partial charge is 0.448 e. The Labute approximate surface area is 170 Å². The zero-order chi connectivity index (χ0) is 20.9. The number of carbonyl (C=O) groups excluding carboxylic acids is 1. The number of halogens is 2. The molecule has 4 aromatic rings. The average Bonchev–Trinajstić information content (AvgIpc) is 3.38. The molecule has 0 saturated carbocycles. The van der Waals surface area contributed by atoms with E-state index in [1.54, 1.807) is 12.1 Å². The Bertz CT molecular complexity index is 1170. The average molecular weight is 411 g/mol. The molecule has 2 N–H and O–H groups in total. The molecule has 9 heteroatoms. The van der Waals surface area contributed by atoms with Crippen LogP contribution >= 0.6 is 0 Å². The maximum Gasteiger partial charge on any atom is 0.273 e. The van der Waals surface area contributed by atoms with Crippen LogP contribution in [-0.2, 0) is 19.4 Å². The fourth-order valence-corrected chi connectivity index (χ4v) is 3.07. The number of unbranched alkanes of at least 4 members (excludes halogenated alkanes) is 1. The standard InChI is InChI=1S/C21H19F2N5O2/c22-13-6-4-10-24-16(13)11-25-21(29)17-12-30-19(27-17)9-2-1-8-18-26-15-7-3-5-14(23)20(15)28-18/h3-7,10,12H,1-2,8-9,11H2,(H,25,29)(H,26,28). The normalized spacial score (nSPS) is 11.1. The fourth-order valence-electron chi connectivity index (χ4n) is 3.07. The van der Waals surface area contributed by atoms with Gasteiger partial charge in [0.15, 0.2) is 17.4 Å². The summed E-state index contributed by atoms with van der Waals surface area (Å²) in [5, 5.41) is 2.57. The van der Waals surface area contributed by atoms with E-state index in [4.69, 9.17) is 4.42 Å². The van der Waals surface area contributed by atoms with Gasteiger partial charge in [0.1, 0.15) is 23.4 Å². The first-order chi connectivity index (χ1) is 14.6. The van der Waals surface area contributed by atoms with Crippen molar-refractivity contribution in [3.63, 3.8) is 0 Å². The minimum Gasteiger partial charge on any atom is -0.448 e. The SMILES string of the molecule is O=C(NCc1ncccc1F)c1coc(CCCCc2nc3c(F)cccc3[nH]2)n1. The molecule has 0 atom stereocenters. The van der Waals surface area contributed by atoms with E-state index in [1.807, 2.05) is 0 Å². The lowest BCUT2D eigenvalue weighted by molar-refractivity contribution is 0.0945. The van der Waals surface area contributed by atoms with Crippen molar-refractivity contribution in [1.82, 2.24) is 25.3 Å². The fraction of sp³-hybridized carbons (Fsp3) is 0.238. The minimum absolute atomic E-state index is 0.0359. The number of aromatic amines is 1. The van der Waals surface area contributed by atoms with Gasteiger partial charge in [-0.1, -0.05) is 6.07 Å². The Morgan fingerprint density at radius 3 is 2.73 bits per heavy atom. The first kappa shape index (κ1) is 19.7. The predicted octanol–water partition coefficient (Wildman–Crippen LogP) is 3.72. The topological polar surface area (TPSA) is 96.7 Å². The number of H-pyrrole nitrogens is 1. The first-order valence-electron chi connectivity index (χ1n) is 9.55. The molecule has 0 aliphatic heterocycles. The number of aryl methyl sites for hydroxylation is 2. The van der Waals surface area contributed by atoms with Gasteiger partial charge in [-0.2, -0.15) is 0 Å². The smallest absolute Gasteiger partial charge is 0.273 e. The summed E-state index contributed by atoms with van der Waals surface area (Å²) < 4.78 is 32.6. The number of imidazole rings is 1. The van der Waals surface area contributed by atoms with Crippen LogP contribution in [0.1, 0.15) is 40.7 Å². The number of oxazole rings is 1. The van der Waals surface area contributed by atoms with E-state index < -0.39 is 11.7 Å². The van der Waals surface area contributed by atoms with Crippen molar-refractivity contribution < 1.29 is 18.0 Å². The van der Waals surface area contributed by atoms with Crippen molar-refractivity contribution in [1.29, 1.82) is 0 Å². The van der Waals surface area contributed by atoms with Crippen LogP contribution in [0.3, 0.4) is 0 Å². The number of nitrogens with zero attached hydrogens (tertiary/aromatic N) is 3. The van der Waals surface area contributed by atoms with Crippen LogP contribution in [0.25, 0.3) is 11.0 Å². The second-order valence-corrected chi connectivity index (χ2v) is 6.77. The quantitative estimate of drug-likeness (QED) is 0.431. The number of hydrogen-bond acceptors (Lipinski definition) is 5. The molecule has 4 rings (SSSR count). The minimum atomic E-state index is -0.481. The second kappa shape index (κ2) is 8.81. The predicted molar refractivity (Wildman–Crippen MR) is 105 cm³/mol. The molecule has 0 unspecified atom stereocenters. The summed E-state index contributed by atoms with van der Waals surface area (Å²) in [4.78, 5) is 27.6. The first-order valence-corrected chi connectivity index (χ1v) is 9.55. The molecule has 30 heavy (non-hydrogen) atoms. The van der Waals surface area contributed by atoms with Crippen molar-refractivity contribution in [2.75, 3.05) is 0 Å². The second-order valence-electron chi connectivity index (χ2n) is 6.77. The number of hydrogen-bond donors (Lipinski definition) is 2. The molecule has 0 aliphatic rings.